The number of fused-ring (bicyclic) bond motifs is 2. The van der Waals surface area contributed by atoms with Gasteiger partial charge in [0.15, 0.2) is 0 Å². The molecule has 0 aliphatic heterocycles. The number of phenolic OH excluding ortho intramolecular Hbond substituents is 4. The van der Waals surface area contributed by atoms with Crippen LogP contribution >= 0.6 is 24.4 Å². The average Bonchev–Trinajstić information content (AvgIpc) is 3.09. The SMILES string of the molecule is C=S.C=S.CC(c1c(O)ccc2ccccc12)c1c(O)ccc2ccccc12.Cc1cc(C)c(O)c(C(C)c2cc(C)cc(C)c2O)c1. The molecule has 0 saturated carbocycles. The van der Waals surface area contributed by atoms with Crippen molar-refractivity contribution in [2.24, 2.45) is 0 Å². The Kier molecular flexibility index (Phi) is 13.2. The Bertz CT molecular complexity index is 1890. The maximum absolute atomic E-state index is 10.5. The van der Waals surface area contributed by atoms with Gasteiger partial charge in [0, 0.05) is 34.1 Å². The number of hydrogen-bond donors (Lipinski definition) is 4. The molecule has 0 atom stereocenters. The number of phenols is 4. The third-order valence-corrected chi connectivity index (χ3v) is 8.64. The Balaban J connectivity index is 0.000000240. The highest BCUT2D eigenvalue weighted by Gasteiger charge is 2.21. The first-order valence-corrected chi connectivity index (χ1v) is 16.7. The van der Waals surface area contributed by atoms with Gasteiger partial charge in [-0.25, -0.2) is 0 Å². The van der Waals surface area contributed by atoms with E-state index in [1.165, 1.54) is 0 Å². The highest BCUT2D eigenvalue weighted by molar-refractivity contribution is 7.77. The molecule has 0 bridgehead atoms. The van der Waals surface area contributed by atoms with Gasteiger partial charge in [0.2, 0.25) is 0 Å². The normalized spacial score (nSPS) is 10.5. The van der Waals surface area contributed by atoms with E-state index in [1.54, 1.807) is 12.1 Å². The maximum atomic E-state index is 10.5. The lowest BCUT2D eigenvalue weighted by molar-refractivity contribution is 0.452. The van der Waals surface area contributed by atoms with Gasteiger partial charge >= 0.3 is 0 Å². The largest absolute Gasteiger partial charge is 0.508 e. The molecule has 0 aliphatic carbocycles. The number of thiocarbonyl (C=S) groups is 2. The number of rotatable bonds is 4. The van der Waals surface area contributed by atoms with Crippen molar-refractivity contribution >= 4 is 57.7 Å². The Labute approximate surface area is 295 Å². The second-order valence-corrected chi connectivity index (χ2v) is 11.9. The molecule has 4 N–H and O–H groups in total. The van der Waals surface area contributed by atoms with Gasteiger partial charge in [-0.15, -0.1) is 0 Å². The molecule has 4 nitrogen and oxygen atoms in total. The van der Waals surface area contributed by atoms with Crippen molar-refractivity contribution < 1.29 is 20.4 Å². The molecule has 0 fully saturated rings. The average molecular weight is 677 g/mol. The Morgan fingerprint density at radius 2 is 0.833 bits per heavy atom. The van der Waals surface area contributed by atoms with Gasteiger partial charge in [-0.05, 0) is 84.2 Å². The minimum absolute atomic E-state index is 0.0489. The van der Waals surface area contributed by atoms with Crippen LogP contribution in [0.4, 0.5) is 0 Å². The third-order valence-electron chi connectivity index (χ3n) is 8.64. The summed E-state index contributed by atoms with van der Waals surface area (Å²) in [6.07, 6.45) is 0. The summed E-state index contributed by atoms with van der Waals surface area (Å²) in [7, 11) is 0. The summed E-state index contributed by atoms with van der Waals surface area (Å²) < 4.78 is 0. The monoisotopic (exact) mass is 676 g/mol. The van der Waals surface area contributed by atoms with Gasteiger partial charge in [-0.1, -0.05) is 134 Å². The van der Waals surface area contributed by atoms with Crippen molar-refractivity contribution in [2.75, 3.05) is 0 Å². The van der Waals surface area contributed by atoms with Crippen molar-refractivity contribution in [3.63, 3.8) is 0 Å². The van der Waals surface area contributed by atoms with Crippen LogP contribution in [-0.2, 0) is 0 Å². The molecule has 0 unspecified atom stereocenters. The molecule has 6 rings (SSSR count). The third kappa shape index (κ3) is 8.01. The molecular formula is C42H44O4S2. The van der Waals surface area contributed by atoms with Gasteiger partial charge < -0.3 is 20.4 Å². The van der Waals surface area contributed by atoms with Crippen molar-refractivity contribution in [2.45, 2.75) is 53.4 Å². The fraction of sp³-hybridized carbons (Fsp3) is 0.190. The zero-order valence-electron chi connectivity index (χ0n) is 28.4. The number of aromatic hydroxyl groups is 4. The summed E-state index contributed by atoms with van der Waals surface area (Å²) in [4.78, 5) is 0. The van der Waals surface area contributed by atoms with Gasteiger partial charge in [0.05, 0.1) is 0 Å². The fourth-order valence-electron chi connectivity index (χ4n) is 6.44. The number of hydrogen-bond acceptors (Lipinski definition) is 6. The molecule has 6 heteroatoms. The van der Waals surface area contributed by atoms with Crippen LogP contribution in [0.5, 0.6) is 23.0 Å². The van der Waals surface area contributed by atoms with E-state index in [-0.39, 0.29) is 23.3 Å². The second-order valence-electron chi connectivity index (χ2n) is 11.9. The van der Waals surface area contributed by atoms with Crippen LogP contribution in [0.15, 0.2) is 97.1 Å². The van der Waals surface area contributed by atoms with Crippen molar-refractivity contribution in [1.29, 1.82) is 0 Å². The van der Waals surface area contributed by atoms with Crippen LogP contribution < -0.4 is 0 Å². The standard InChI is InChI=1S/C22H18O2.C18H22O2.2CH2S/c1-14(21-17-8-4-2-6-15(17)10-12-19(21)23)22-18-9-5-3-7-16(18)11-13-20(22)24;1-10-6-12(3)17(19)15(8-10)14(5)16-9-11(2)7-13(4)18(16)20;2*1-2/h2-14,23-24H,1H3;6-9,14,19-20H,1-5H3;2*1H2. The van der Waals surface area contributed by atoms with Crippen molar-refractivity contribution in [3.8, 4) is 23.0 Å². The number of aryl methyl sites for hydroxylation is 4. The van der Waals surface area contributed by atoms with Crippen LogP contribution in [0.1, 0.15) is 70.2 Å². The molecule has 48 heavy (non-hydrogen) atoms. The summed E-state index contributed by atoms with van der Waals surface area (Å²) in [5.41, 5.74) is 7.40. The van der Waals surface area contributed by atoms with E-state index >= 15 is 0 Å². The van der Waals surface area contributed by atoms with Gasteiger partial charge in [0.1, 0.15) is 23.0 Å². The highest BCUT2D eigenvalue weighted by Crippen LogP contribution is 2.43. The summed E-state index contributed by atoms with van der Waals surface area (Å²) >= 11 is 7.67. The molecule has 6 aromatic rings. The summed E-state index contributed by atoms with van der Waals surface area (Å²) in [5.74, 6) is 6.64. The van der Waals surface area contributed by atoms with E-state index in [0.717, 1.165) is 66.1 Å². The molecule has 0 aromatic heterocycles. The second kappa shape index (κ2) is 16.9. The first-order valence-electron chi connectivity index (χ1n) is 15.6. The van der Waals surface area contributed by atoms with E-state index in [2.05, 4.69) is 36.2 Å². The van der Waals surface area contributed by atoms with E-state index in [1.807, 2.05) is 126 Å². The molecule has 0 spiro atoms. The fourth-order valence-corrected chi connectivity index (χ4v) is 6.44. The van der Waals surface area contributed by atoms with Gasteiger partial charge in [-0.2, -0.15) is 0 Å². The zero-order valence-corrected chi connectivity index (χ0v) is 30.0. The van der Waals surface area contributed by atoms with Crippen LogP contribution in [0.25, 0.3) is 21.5 Å². The van der Waals surface area contributed by atoms with Crippen molar-refractivity contribution in [1.82, 2.24) is 0 Å². The first-order chi connectivity index (χ1) is 23.0. The van der Waals surface area contributed by atoms with E-state index in [0.29, 0.717) is 11.5 Å². The van der Waals surface area contributed by atoms with E-state index in [9.17, 15) is 20.4 Å². The highest BCUT2D eigenvalue weighted by atomic mass is 32.1. The topological polar surface area (TPSA) is 80.9 Å². The number of benzene rings is 6. The Morgan fingerprint density at radius 1 is 0.479 bits per heavy atom. The molecule has 0 aliphatic rings. The quantitative estimate of drug-likeness (QED) is 0.139. The molecule has 0 amide bonds. The lowest BCUT2D eigenvalue weighted by atomic mass is 9.85. The predicted octanol–water partition coefficient (Wildman–Crippen LogP) is 11.3. The maximum Gasteiger partial charge on any atom is 0.122 e. The van der Waals surface area contributed by atoms with Crippen LogP contribution in [-0.4, -0.2) is 32.2 Å². The first kappa shape index (κ1) is 37.7. The molecule has 0 saturated heterocycles. The van der Waals surface area contributed by atoms with Crippen LogP contribution in [0.2, 0.25) is 0 Å². The molecule has 0 heterocycles. The Morgan fingerprint density at radius 3 is 1.21 bits per heavy atom. The van der Waals surface area contributed by atoms with Gasteiger partial charge in [-0.3, -0.25) is 0 Å². The predicted molar refractivity (Wildman–Crippen MR) is 211 cm³/mol. The minimum atomic E-state index is -0.137. The van der Waals surface area contributed by atoms with E-state index < -0.39 is 0 Å². The molecule has 248 valence electrons. The Hall–Kier alpha value is -4.78. The van der Waals surface area contributed by atoms with Gasteiger partial charge in [0.25, 0.3) is 0 Å². The van der Waals surface area contributed by atoms with Crippen LogP contribution in [0, 0.1) is 27.7 Å². The lowest BCUT2D eigenvalue weighted by Gasteiger charge is -2.20. The zero-order chi connectivity index (χ0) is 35.7. The molecular weight excluding hydrogens is 633 g/mol. The van der Waals surface area contributed by atoms with Crippen LogP contribution in [0.3, 0.4) is 0 Å². The smallest absolute Gasteiger partial charge is 0.122 e. The molecule has 0 radical (unpaired) electrons. The summed E-state index contributed by atoms with van der Waals surface area (Å²) in [6, 6.07) is 31.2. The lowest BCUT2D eigenvalue weighted by Crippen LogP contribution is -2.00. The molecule has 6 aromatic carbocycles. The van der Waals surface area contributed by atoms with E-state index in [4.69, 9.17) is 0 Å². The summed E-state index contributed by atoms with van der Waals surface area (Å²) in [5, 5.41) is 45.8. The minimum Gasteiger partial charge on any atom is -0.508 e. The van der Waals surface area contributed by atoms with Crippen molar-refractivity contribution in [3.05, 3.63) is 142 Å². The summed E-state index contributed by atoms with van der Waals surface area (Å²) in [6.45, 7) is 11.9.